The summed E-state index contributed by atoms with van der Waals surface area (Å²) in [5.74, 6) is -0.738. The first kappa shape index (κ1) is 66.7. The molecular weight excluding hydrogens is 1620 g/mol. The molecule has 0 radical (unpaired) electrons. The number of aromatic nitrogens is 5. The first-order valence-electron chi connectivity index (χ1n) is 54.7. The first-order chi connectivity index (χ1) is 70.9. The van der Waals surface area contributed by atoms with Crippen molar-refractivity contribution >= 4 is 143 Å². The smallest absolute Gasteiger partial charge is 0.0783 e. The topological polar surface area (TPSA) is 31.1 Å². The molecule has 5 aromatic heterocycles. The molecule has 1 unspecified atom stereocenters. The van der Waals surface area contributed by atoms with Gasteiger partial charge in [0, 0.05) is 88.1 Å². The van der Waals surface area contributed by atoms with Crippen molar-refractivity contribution in [3.8, 4) is 50.7 Å². The van der Waals surface area contributed by atoms with Crippen molar-refractivity contribution in [2.45, 2.75) is 163 Å². The molecule has 7 heterocycles. The highest BCUT2D eigenvalue weighted by Crippen LogP contribution is 2.64. The minimum absolute atomic E-state index is 0.0624. The monoisotopic (exact) mass is 1750 g/mol. The second-order valence-corrected chi connectivity index (χ2v) is 43.1. The molecule has 656 valence electrons. The third-order valence-corrected chi connectivity index (χ3v) is 28.4. The highest BCUT2D eigenvalue weighted by Gasteiger charge is 2.44. The Morgan fingerprint density at radius 3 is 1.01 bits per heavy atom. The van der Waals surface area contributed by atoms with Crippen LogP contribution in [0.25, 0.3) is 160 Å². The molecule has 0 bridgehead atoms. The number of rotatable bonds is 9. The Morgan fingerprint density at radius 2 is 0.567 bits per heavy atom. The fraction of sp³-hybridized carbons (Fsp3) is 0.197. The molecule has 7 heteroatoms. The minimum Gasteiger partial charge on any atom is -0.310 e. The van der Waals surface area contributed by atoms with Gasteiger partial charge in [0.05, 0.1) is 117 Å². The van der Waals surface area contributed by atoms with Crippen LogP contribution in [-0.4, -0.2) is 22.8 Å². The van der Waals surface area contributed by atoms with Crippen molar-refractivity contribution in [3.05, 3.63) is 402 Å². The molecule has 2 aliphatic rings. The second kappa shape index (κ2) is 29.4. The molecular formula is C127H113N7. The van der Waals surface area contributed by atoms with Gasteiger partial charge in [-0.05, 0) is 251 Å². The summed E-state index contributed by atoms with van der Waals surface area (Å²) >= 11 is 0. The summed E-state index contributed by atoms with van der Waals surface area (Å²) in [6.07, 6.45) is 0. The summed E-state index contributed by atoms with van der Waals surface area (Å²) in [7, 11) is 0. The number of nitrogens with zero attached hydrogens (tertiary/aromatic N) is 7. The van der Waals surface area contributed by atoms with Crippen molar-refractivity contribution in [1.82, 2.24) is 22.8 Å². The lowest BCUT2D eigenvalue weighted by molar-refractivity contribution is 0.590. The Balaban J connectivity index is 0.918. The van der Waals surface area contributed by atoms with Gasteiger partial charge >= 0.3 is 0 Å². The van der Waals surface area contributed by atoms with E-state index in [0.29, 0.717) is 55.9 Å². The van der Waals surface area contributed by atoms with Gasteiger partial charge in [0.25, 0.3) is 0 Å². The van der Waals surface area contributed by atoms with E-state index in [1.54, 1.807) is 9.13 Å². The lowest BCUT2D eigenvalue weighted by atomic mass is 9.75. The molecule has 0 amide bonds. The summed E-state index contributed by atoms with van der Waals surface area (Å²) in [6.45, 7) is 40.3. The molecule has 0 N–H and O–H groups in total. The number of anilines is 6. The van der Waals surface area contributed by atoms with Gasteiger partial charge in [-0.1, -0.05) is 325 Å². The summed E-state index contributed by atoms with van der Waals surface area (Å²) in [6, 6.07) is 82.9. The maximum Gasteiger partial charge on any atom is 0.0783 e. The van der Waals surface area contributed by atoms with Crippen LogP contribution in [-0.2, 0) is 32.5 Å². The molecule has 0 saturated carbocycles. The summed E-state index contributed by atoms with van der Waals surface area (Å²) < 4.78 is 167. The van der Waals surface area contributed by atoms with E-state index in [9.17, 15) is 21.9 Å². The average Bonchev–Trinajstić information content (AvgIpc) is 1.62. The first-order valence-corrected chi connectivity index (χ1v) is 46.7. The van der Waals surface area contributed by atoms with Crippen molar-refractivity contribution < 1.29 is 21.9 Å². The molecule has 1 atom stereocenters. The lowest BCUT2D eigenvalue weighted by Gasteiger charge is -2.46. The minimum atomic E-state index is -0.738. The van der Waals surface area contributed by atoms with E-state index < -0.39 is 103 Å². The standard InChI is InChI=1S/C127H113N7/c1-122(2,3)81-51-49-77(50-52-81)79-65-80(78-33-30-34-82(66-78)123(4,5)6)68-90(67-79)131-114-73-88(128-108-61-53-83(124(7,8)9)69-100(108)101-70-84(125(10,11)12)54-62-109(101)128)57-59-98(114)118-99-60-58-89(129-110-63-55-85(126(13,14)15)71-102(110)103-72-86(127(16,17)18)56-64-111(103)129)74-115(99)134(117-76-91(75-116(131)119(117)118)130-104-43-26-22-37-92(104)93-38-23-27-44-105(93)130)113-48-32-42-97-96-41-31-47-112(120(96)132(121(97)113)87-35-20-19-21-36-87)133-106-45-28-24-39-94(106)95-40-25-29-46-107(95)133/h19-76,118H,1-18H3/i22D,23D,24D,25D,26D,27D,28D,29D,37D,38D,39D,40D,43D,44D,45D,46D. The Morgan fingerprint density at radius 1 is 0.201 bits per heavy atom. The Kier molecular flexibility index (Phi) is 14.6. The van der Waals surface area contributed by atoms with Crippen molar-refractivity contribution in [2.24, 2.45) is 0 Å². The van der Waals surface area contributed by atoms with Crippen LogP contribution in [0.3, 0.4) is 0 Å². The number of fused-ring (bicyclic) bond motifs is 19. The van der Waals surface area contributed by atoms with E-state index in [0.717, 1.165) is 128 Å². The normalized spacial score (nSPS) is 15.6. The molecule has 22 aromatic rings. The number of hydrogen-bond acceptors (Lipinski definition) is 2. The number of benzene rings is 17. The zero-order chi connectivity index (χ0) is 106. The fourth-order valence-corrected chi connectivity index (χ4v) is 21.4. The van der Waals surface area contributed by atoms with Gasteiger partial charge in [0.15, 0.2) is 0 Å². The quantitative estimate of drug-likeness (QED) is 0.144. The molecule has 17 aromatic carbocycles. The van der Waals surface area contributed by atoms with Crippen LogP contribution >= 0.6 is 0 Å². The highest BCUT2D eigenvalue weighted by atomic mass is 15.2. The van der Waals surface area contributed by atoms with Gasteiger partial charge in [-0.2, -0.15) is 0 Å². The fourth-order valence-electron chi connectivity index (χ4n) is 21.4. The summed E-state index contributed by atoms with van der Waals surface area (Å²) in [5, 5.41) is 5.26. The van der Waals surface area contributed by atoms with Crippen LogP contribution in [0.2, 0.25) is 0 Å². The summed E-state index contributed by atoms with van der Waals surface area (Å²) in [4.78, 5) is 4.66. The van der Waals surface area contributed by atoms with Crippen molar-refractivity contribution in [1.29, 1.82) is 0 Å². The van der Waals surface area contributed by atoms with Crippen LogP contribution in [0.4, 0.5) is 34.1 Å². The van der Waals surface area contributed by atoms with Gasteiger partial charge in [-0.25, -0.2) is 0 Å². The Bertz CT molecular complexity index is 9430. The van der Waals surface area contributed by atoms with Gasteiger partial charge in [0.2, 0.25) is 0 Å². The highest BCUT2D eigenvalue weighted by molar-refractivity contribution is 6.20. The average molecular weight is 1750 g/mol. The lowest BCUT2D eigenvalue weighted by Crippen LogP contribution is -2.30. The van der Waals surface area contributed by atoms with Gasteiger partial charge in [-0.3, -0.25) is 0 Å². The van der Waals surface area contributed by atoms with Crippen LogP contribution < -0.4 is 9.80 Å². The van der Waals surface area contributed by atoms with Crippen LogP contribution in [0.15, 0.2) is 351 Å². The van der Waals surface area contributed by atoms with Crippen LogP contribution in [0, 0.1) is 0 Å². The molecule has 2 aliphatic heterocycles. The zero-order valence-corrected chi connectivity index (χ0v) is 79.0. The van der Waals surface area contributed by atoms with E-state index in [2.05, 4.69) is 342 Å². The SMILES string of the molecule is [2H]c1c([2H])c([2H])c2c(c1[2H])c1c([2H])c([2H])c([2H])c([2H])c1n2-c1cc2c3c(c1)N(c1cccc4c5cccc(-n6c7c([2H])c([2H])c([2H])c([2H])c7c7c([2H])c([2H])c([2H])c([2H])c76)c5n(-c5ccccc5)c14)c1cc(-n4c5ccc(C(C)(C)C)cc5c5cc(C(C)(C)C)ccc54)ccc1C3c1ccc(-n3c4ccc(C(C)(C)C)cc4c4cc(C(C)(C)C)ccc43)cc1N2c1cc(-c2ccc(C(C)(C)C)cc2)cc(-c2cccc(C(C)(C)C)c2)c1. The second-order valence-electron chi connectivity index (χ2n) is 43.1. The molecule has 0 fully saturated rings. The zero-order valence-electron chi connectivity index (χ0n) is 95.0. The Labute approximate surface area is 808 Å². The van der Waals surface area contributed by atoms with Crippen LogP contribution in [0.1, 0.15) is 203 Å². The molecule has 0 aliphatic carbocycles. The number of para-hydroxylation sites is 7. The third kappa shape index (κ3) is 12.9. The van der Waals surface area contributed by atoms with Crippen molar-refractivity contribution in [3.63, 3.8) is 0 Å². The largest absolute Gasteiger partial charge is 0.310 e. The Hall–Kier alpha value is -14.7. The molecule has 0 spiro atoms. The van der Waals surface area contributed by atoms with E-state index in [4.69, 9.17) is 0 Å². The molecule has 24 rings (SSSR count). The summed E-state index contributed by atoms with van der Waals surface area (Å²) in [5.41, 5.74) is 23.2. The number of hydrogen-bond donors (Lipinski definition) is 0. The van der Waals surface area contributed by atoms with E-state index in [-0.39, 0.29) is 81.8 Å². The molecule has 134 heavy (non-hydrogen) atoms. The van der Waals surface area contributed by atoms with Gasteiger partial charge in [0.1, 0.15) is 0 Å². The van der Waals surface area contributed by atoms with E-state index >= 15 is 0 Å². The predicted molar refractivity (Wildman–Crippen MR) is 572 cm³/mol. The molecule has 7 nitrogen and oxygen atoms in total. The molecule has 0 saturated heterocycles. The van der Waals surface area contributed by atoms with Gasteiger partial charge in [-0.15, -0.1) is 0 Å². The van der Waals surface area contributed by atoms with Crippen LogP contribution in [0.5, 0.6) is 0 Å². The maximum atomic E-state index is 10.5. The third-order valence-electron chi connectivity index (χ3n) is 28.4. The van der Waals surface area contributed by atoms with Crippen molar-refractivity contribution in [2.75, 3.05) is 9.80 Å². The predicted octanol–water partition coefficient (Wildman–Crippen LogP) is 35.0. The van der Waals surface area contributed by atoms with E-state index in [1.165, 1.54) is 11.1 Å². The maximum absolute atomic E-state index is 10.5. The van der Waals surface area contributed by atoms with Gasteiger partial charge < -0.3 is 32.6 Å². The van der Waals surface area contributed by atoms with E-state index in [1.807, 2.05) is 60.7 Å².